The van der Waals surface area contributed by atoms with Crippen molar-refractivity contribution in [3.8, 4) is 0 Å². The van der Waals surface area contributed by atoms with E-state index in [-0.39, 0.29) is 0 Å². The summed E-state index contributed by atoms with van der Waals surface area (Å²) in [7, 11) is 0. The van der Waals surface area contributed by atoms with Crippen molar-refractivity contribution in [3.05, 3.63) is 23.4 Å². The fourth-order valence-corrected chi connectivity index (χ4v) is 2.83. The van der Waals surface area contributed by atoms with Crippen molar-refractivity contribution in [2.45, 2.75) is 37.8 Å². The Bertz CT molecular complexity index is 327. The van der Waals surface area contributed by atoms with Gasteiger partial charge in [0.2, 0.25) is 0 Å². The highest BCUT2D eigenvalue weighted by atomic mass is 32.2. The summed E-state index contributed by atoms with van der Waals surface area (Å²) in [6, 6.07) is 4.60. The average molecular weight is 222 g/mol. The smallest absolute Gasteiger partial charge is 0.0966 e. The van der Waals surface area contributed by atoms with E-state index in [1.165, 1.54) is 18.4 Å². The molecule has 1 unspecified atom stereocenters. The molecule has 0 bridgehead atoms. The second-order valence-electron chi connectivity index (χ2n) is 4.44. The van der Waals surface area contributed by atoms with E-state index in [0.29, 0.717) is 6.04 Å². The van der Waals surface area contributed by atoms with Crippen molar-refractivity contribution >= 4 is 11.8 Å². The summed E-state index contributed by atoms with van der Waals surface area (Å²) in [6.07, 6.45) is 2.64. The van der Waals surface area contributed by atoms with Gasteiger partial charge in [-0.1, -0.05) is 0 Å². The summed E-state index contributed by atoms with van der Waals surface area (Å²) < 4.78 is 0. The van der Waals surface area contributed by atoms with E-state index in [1.54, 1.807) is 11.8 Å². The Kier molecular flexibility index (Phi) is 3.32. The summed E-state index contributed by atoms with van der Waals surface area (Å²) >= 11 is 1.79. The molecule has 15 heavy (non-hydrogen) atoms. The van der Waals surface area contributed by atoms with Crippen molar-refractivity contribution < 1.29 is 0 Å². The highest BCUT2D eigenvalue weighted by Crippen LogP contribution is 2.33. The molecule has 1 aliphatic rings. The molecule has 1 aromatic heterocycles. The highest BCUT2D eigenvalue weighted by molar-refractivity contribution is 7.99. The number of rotatable bonds is 4. The fraction of sp³-hybridized carbons (Fsp3) is 0.583. The molecular weight excluding hydrogens is 204 g/mol. The van der Waals surface area contributed by atoms with E-state index >= 15 is 0 Å². The highest BCUT2D eigenvalue weighted by Gasteiger charge is 2.28. The lowest BCUT2D eigenvalue weighted by Crippen LogP contribution is -2.25. The molecule has 1 saturated carbocycles. The molecule has 1 heterocycles. The Morgan fingerprint density at radius 2 is 2.20 bits per heavy atom. The van der Waals surface area contributed by atoms with E-state index in [9.17, 15) is 0 Å². The second kappa shape index (κ2) is 4.54. The lowest BCUT2D eigenvalue weighted by atomic mass is 10.2. The number of aryl methyl sites for hydroxylation is 2. The molecule has 1 aromatic rings. The van der Waals surface area contributed by atoms with Gasteiger partial charge in [0.25, 0.3) is 0 Å². The Labute approximate surface area is 95.7 Å². The number of nitrogens with two attached hydrogens (primary N) is 1. The molecule has 2 nitrogen and oxygen atoms in total. The number of pyridine rings is 1. The minimum absolute atomic E-state index is 0.359. The first-order valence-electron chi connectivity index (χ1n) is 5.49. The fourth-order valence-electron chi connectivity index (χ4n) is 1.72. The summed E-state index contributed by atoms with van der Waals surface area (Å²) in [5, 5.41) is 1.11. The normalized spacial score (nSPS) is 17.8. The Morgan fingerprint density at radius 1 is 1.47 bits per heavy atom. The minimum Gasteiger partial charge on any atom is -0.327 e. The summed E-state index contributed by atoms with van der Waals surface area (Å²) in [4.78, 5) is 4.49. The largest absolute Gasteiger partial charge is 0.327 e. The maximum absolute atomic E-state index is 6.05. The number of thioether (sulfide) groups is 1. The third-order valence-corrected chi connectivity index (χ3v) is 3.78. The van der Waals surface area contributed by atoms with Crippen molar-refractivity contribution in [2.75, 3.05) is 5.75 Å². The van der Waals surface area contributed by atoms with Crippen LogP contribution in [0.25, 0.3) is 0 Å². The van der Waals surface area contributed by atoms with Crippen LogP contribution in [-0.4, -0.2) is 16.8 Å². The number of hydrogen-bond acceptors (Lipinski definition) is 3. The summed E-state index contributed by atoms with van der Waals surface area (Å²) in [5.41, 5.74) is 8.43. The van der Waals surface area contributed by atoms with Gasteiger partial charge in [0.05, 0.1) is 5.03 Å². The Balaban J connectivity index is 1.91. The molecule has 0 saturated heterocycles. The number of hydrogen-bond donors (Lipinski definition) is 1. The van der Waals surface area contributed by atoms with E-state index in [2.05, 4.69) is 24.0 Å². The average Bonchev–Trinajstić information content (AvgIpc) is 2.95. The molecule has 0 amide bonds. The first-order valence-corrected chi connectivity index (χ1v) is 6.47. The second-order valence-corrected chi connectivity index (χ2v) is 5.48. The number of aromatic nitrogens is 1. The van der Waals surface area contributed by atoms with Crippen LogP contribution in [0.1, 0.15) is 24.1 Å². The van der Waals surface area contributed by atoms with Gasteiger partial charge >= 0.3 is 0 Å². The van der Waals surface area contributed by atoms with Crippen LogP contribution in [0.5, 0.6) is 0 Å². The van der Waals surface area contributed by atoms with Crippen LogP contribution in [0.4, 0.5) is 0 Å². The molecule has 1 fully saturated rings. The maximum atomic E-state index is 6.05. The summed E-state index contributed by atoms with van der Waals surface area (Å²) in [6.45, 7) is 4.15. The molecule has 3 heteroatoms. The van der Waals surface area contributed by atoms with Crippen molar-refractivity contribution in [3.63, 3.8) is 0 Å². The van der Waals surface area contributed by atoms with Gasteiger partial charge in [-0.05, 0) is 50.3 Å². The lowest BCUT2D eigenvalue weighted by Gasteiger charge is -2.09. The quantitative estimate of drug-likeness (QED) is 0.796. The zero-order chi connectivity index (χ0) is 10.8. The third-order valence-electron chi connectivity index (χ3n) is 2.73. The van der Waals surface area contributed by atoms with Crippen LogP contribution in [-0.2, 0) is 0 Å². The van der Waals surface area contributed by atoms with Gasteiger partial charge in [-0.2, -0.15) is 0 Å². The molecule has 1 atom stereocenters. The standard InChI is InChI=1S/C12H18N2S/c1-8-5-9(2)14-12(6-8)15-7-11(13)10-3-4-10/h5-6,10-11H,3-4,7,13H2,1-2H3. The predicted molar refractivity (Wildman–Crippen MR) is 65.1 cm³/mol. The van der Waals surface area contributed by atoms with Gasteiger partial charge in [-0.3, -0.25) is 0 Å². The van der Waals surface area contributed by atoms with Gasteiger partial charge in [-0.25, -0.2) is 4.98 Å². The molecule has 1 aliphatic carbocycles. The van der Waals surface area contributed by atoms with Crippen LogP contribution in [0.3, 0.4) is 0 Å². The molecule has 2 N–H and O–H groups in total. The molecule has 0 aromatic carbocycles. The van der Waals surface area contributed by atoms with Crippen molar-refractivity contribution in [2.24, 2.45) is 11.7 Å². The van der Waals surface area contributed by atoms with Gasteiger partial charge in [0.1, 0.15) is 0 Å². The summed E-state index contributed by atoms with van der Waals surface area (Å²) in [5.74, 6) is 1.78. The van der Waals surface area contributed by atoms with Crippen LogP contribution in [0.15, 0.2) is 17.2 Å². The van der Waals surface area contributed by atoms with Crippen molar-refractivity contribution in [1.29, 1.82) is 0 Å². The Hall–Kier alpha value is -0.540. The van der Waals surface area contributed by atoms with Crippen LogP contribution in [0, 0.1) is 19.8 Å². The van der Waals surface area contributed by atoms with Crippen LogP contribution >= 0.6 is 11.8 Å². The van der Waals surface area contributed by atoms with E-state index in [1.807, 2.05) is 6.92 Å². The maximum Gasteiger partial charge on any atom is 0.0966 e. The molecule has 0 radical (unpaired) electrons. The van der Waals surface area contributed by atoms with Gasteiger partial charge < -0.3 is 5.73 Å². The molecule has 0 aliphatic heterocycles. The SMILES string of the molecule is Cc1cc(C)nc(SCC(N)C2CC2)c1. The first kappa shape index (κ1) is 11.0. The monoisotopic (exact) mass is 222 g/mol. The van der Waals surface area contributed by atoms with E-state index in [4.69, 9.17) is 5.73 Å². The topological polar surface area (TPSA) is 38.9 Å². The predicted octanol–water partition coefficient (Wildman–Crippen LogP) is 2.53. The zero-order valence-electron chi connectivity index (χ0n) is 9.36. The molecule has 2 rings (SSSR count). The lowest BCUT2D eigenvalue weighted by molar-refractivity contribution is 0.658. The molecular formula is C12H18N2S. The molecule has 82 valence electrons. The van der Waals surface area contributed by atoms with Gasteiger partial charge in [0, 0.05) is 17.5 Å². The van der Waals surface area contributed by atoms with Gasteiger partial charge in [0.15, 0.2) is 0 Å². The number of nitrogens with zero attached hydrogens (tertiary/aromatic N) is 1. The van der Waals surface area contributed by atoms with Crippen LogP contribution in [0.2, 0.25) is 0 Å². The Morgan fingerprint density at radius 3 is 2.80 bits per heavy atom. The van der Waals surface area contributed by atoms with E-state index < -0.39 is 0 Å². The zero-order valence-corrected chi connectivity index (χ0v) is 10.2. The first-order chi connectivity index (χ1) is 7.15. The van der Waals surface area contributed by atoms with E-state index in [0.717, 1.165) is 22.4 Å². The van der Waals surface area contributed by atoms with Crippen LogP contribution < -0.4 is 5.73 Å². The molecule has 0 spiro atoms. The van der Waals surface area contributed by atoms with Gasteiger partial charge in [-0.15, -0.1) is 11.8 Å². The van der Waals surface area contributed by atoms with Crippen molar-refractivity contribution in [1.82, 2.24) is 4.98 Å². The third kappa shape index (κ3) is 3.21. The minimum atomic E-state index is 0.359.